The van der Waals surface area contributed by atoms with Gasteiger partial charge in [0.1, 0.15) is 6.10 Å². The highest BCUT2D eigenvalue weighted by molar-refractivity contribution is 4.80. The van der Waals surface area contributed by atoms with E-state index >= 15 is 0 Å². The molecule has 0 aliphatic carbocycles. The van der Waals surface area contributed by atoms with Gasteiger partial charge in [-0.2, -0.15) is 0 Å². The molecule has 0 radical (unpaired) electrons. The van der Waals surface area contributed by atoms with Crippen molar-refractivity contribution in [2.75, 3.05) is 0 Å². The van der Waals surface area contributed by atoms with E-state index in [1.165, 1.54) is 12.8 Å². The smallest absolute Gasteiger partial charge is 0.113 e. The van der Waals surface area contributed by atoms with Crippen molar-refractivity contribution in [3.63, 3.8) is 0 Å². The Morgan fingerprint density at radius 2 is 2.27 bits per heavy atom. The standard InChI is InChI=1S/C10H18O/c1-4-6-7-8-9-11-10(3)5-2/h5,8-10H,2,4,6-7H2,1,3H3. The number of allylic oxidation sites excluding steroid dienone is 1. The summed E-state index contributed by atoms with van der Waals surface area (Å²) in [7, 11) is 0. The van der Waals surface area contributed by atoms with Crippen LogP contribution in [0.2, 0.25) is 0 Å². The molecule has 0 aliphatic heterocycles. The van der Waals surface area contributed by atoms with E-state index in [-0.39, 0.29) is 6.10 Å². The number of ether oxygens (including phenoxy) is 1. The fraction of sp³-hybridized carbons (Fsp3) is 0.600. The molecule has 0 saturated heterocycles. The van der Waals surface area contributed by atoms with Gasteiger partial charge in [-0.05, 0) is 25.8 Å². The Bertz CT molecular complexity index is 116. The first-order valence-corrected chi connectivity index (χ1v) is 4.24. The lowest BCUT2D eigenvalue weighted by atomic mass is 10.2. The Morgan fingerprint density at radius 3 is 2.82 bits per heavy atom. The molecule has 1 unspecified atom stereocenters. The number of hydrogen-bond donors (Lipinski definition) is 0. The fourth-order valence-corrected chi connectivity index (χ4v) is 0.625. The molecule has 0 bridgehead atoms. The van der Waals surface area contributed by atoms with Crippen LogP contribution in [0.4, 0.5) is 0 Å². The van der Waals surface area contributed by atoms with E-state index in [4.69, 9.17) is 4.74 Å². The molecule has 0 spiro atoms. The van der Waals surface area contributed by atoms with Crippen LogP contribution in [-0.4, -0.2) is 6.10 Å². The summed E-state index contributed by atoms with van der Waals surface area (Å²) in [6, 6.07) is 0. The van der Waals surface area contributed by atoms with Crippen molar-refractivity contribution < 1.29 is 4.74 Å². The minimum Gasteiger partial charge on any atom is -0.495 e. The lowest BCUT2D eigenvalue weighted by molar-refractivity contribution is 0.203. The van der Waals surface area contributed by atoms with Crippen molar-refractivity contribution in [2.45, 2.75) is 39.2 Å². The van der Waals surface area contributed by atoms with Gasteiger partial charge in [-0.25, -0.2) is 0 Å². The second-order valence-electron chi connectivity index (χ2n) is 2.59. The number of hydrogen-bond acceptors (Lipinski definition) is 1. The van der Waals surface area contributed by atoms with Gasteiger partial charge in [0.05, 0.1) is 6.26 Å². The van der Waals surface area contributed by atoms with Crippen LogP contribution in [0.1, 0.15) is 33.1 Å². The third-order valence-corrected chi connectivity index (χ3v) is 1.45. The minimum atomic E-state index is 0.132. The predicted molar refractivity (Wildman–Crippen MR) is 49.4 cm³/mol. The molecule has 1 heteroatoms. The molecule has 1 atom stereocenters. The molecular weight excluding hydrogens is 136 g/mol. The third kappa shape index (κ3) is 7.17. The van der Waals surface area contributed by atoms with Gasteiger partial charge in [0.2, 0.25) is 0 Å². The van der Waals surface area contributed by atoms with E-state index < -0.39 is 0 Å². The molecule has 0 saturated carbocycles. The SMILES string of the molecule is C=CC(C)OC=CCCCC. The van der Waals surface area contributed by atoms with E-state index in [0.717, 1.165) is 6.42 Å². The van der Waals surface area contributed by atoms with E-state index in [1.54, 1.807) is 12.3 Å². The van der Waals surface area contributed by atoms with Crippen LogP contribution in [0.5, 0.6) is 0 Å². The molecule has 0 N–H and O–H groups in total. The summed E-state index contributed by atoms with van der Waals surface area (Å²) < 4.78 is 5.24. The summed E-state index contributed by atoms with van der Waals surface area (Å²) in [5, 5.41) is 0. The van der Waals surface area contributed by atoms with E-state index in [2.05, 4.69) is 19.6 Å². The van der Waals surface area contributed by atoms with Gasteiger partial charge in [-0.15, -0.1) is 0 Å². The molecule has 0 heterocycles. The van der Waals surface area contributed by atoms with Crippen LogP contribution in [0.15, 0.2) is 25.0 Å². The van der Waals surface area contributed by atoms with Crippen molar-refractivity contribution in [2.24, 2.45) is 0 Å². The molecule has 0 amide bonds. The van der Waals surface area contributed by atoms with Crippen molar-refractivity contribution >= 4 is 0 Å². The quantitative estimate of drug-likeness (QED) is 0.324. The Labute approximate surface area is 69.8 Å². The van der Waals surface area contributed by atoms with Crippen LogP contribution in [0, 0.1) is 0 Å². The normalized spacial score (nSPS) is 13.3. The van der Waals surface area contributed by atoms with Gasteiger partial charge in [-0.3, -0.25) is 0 Å². The summed E-state index contributed by atoms with van der Waals surface area (Å²) in [5.74, 6) is 0. The maximum Gasteiger partial charge on any atom is 0.113 e. The highest BCUT2D eigenvalue weighted by Gasteiger charge is 1.88. The van der Waals surface area contributed by atoms with Gasteiger partial charge in [0.25, 0.3) is 0 Å². The van der Waals surface area contributed by atoms with E-state index in [9.17, 15) is 0 Å². The number of unbranched alkanes of at least 4 members (excludes halogenated alkanes) is 2. The lowest BCUT2D eigenvalue weighted by Crippen LogP contribution is -1.96. The van der Waals surface area contributed by atoms with E-state index in [0.29, 0.717) is 0 Å². The molecule has 0 aromatic heterocycles. The van der Waals surface area contributed by atoms with Gasteiger partial charge in [-0.1, -0.05) is 26.0 Å². The Morgan fingerprint density at radius 1 is 1.55 bits per heavy atom. The summed E-state index contributed by atoms with van der Waals surface area (Å²) >= 11 is 0. The molecule has 64 valence electrons. The Kier molecular flexibility index (Phi) is 6.90. The highest BCUT2D eigenvalue weighted by Crippen LogP contribution is 1.97. The first kappa shape index (κ1) is 10.3. The van der Waals surface area contributed by atoms with Crippen molar-refractivity contribution in [1.29, 1.82) is 0 Å². The van der Waals surface area contributed by atoms with Crippen LogP contribution in [0.3, 0.4) is 0 Å². The highest BCUT2D eigenvalue weighted by atomic mass is 16.5. The maximum atomic E-state index is 5.24. The first-order valence-electron chi connectivity index (χ1n) is 4.24. The minimum absolute atomic E-state index is 0.132. The monoisotopic (exact) mass is 154 g/mol. The zero-order valence-electron chi connectivity index (χ0n) is 7.55. The van der Waals surface area contributed by atoms with E-state index in [1.807, 2.05) is 6.92 Å². The van der Waals surface area contributed by atoms with Crippen LogP contribution in [-0.2, 0) is 4.74 Å². The molecule has 0 aromatic rings. The van der Waals surface area contributed by atoms with Gasteiger partial charge >= 0.3 is 0 Å². The second kappa shape index (κ2) is 7.39. The molecule has 0 aromatic carbocycles. The summed E-state index contributed by atoms with van der Waals surface area (Å²) in [5.41, 5.74) is 0. The summed E-state index contributed by atoms with van der Waals surface area (Å²) in [4.78, 5) is 0. The molecule has 0 rings (SSSR count). The molecule has 1 nitrogen and oxygen atoms in total. The summed E-state index contributed by atoms with van der Waals surface area (Å²) in [6.07, 6.45) is 9.33. The number of rotatable bonds is 6. The molecule has 0 aliphatic rings. The van der Waals surface area contributed by atoms with Crippen molar-refractivity contribution in [1.82, 2.24) is 0 Å². The van der Waals surface area contributed by atoms with Crippen LogP contribution >= 0.6 is 0 Å². The van der Waals surface area contributed by atoms with Gasteiger partial charge in [0.15, 0.2) is 0 Å². The molecule has 11 heavy (non-hydrogen) atoms. The summed E-state index contributed by atoms with van der Waals surface area (Å²) in [6.45, 7) is 7.77. The molecule has 0 fully saturated rings. The van der Waals surface area contributed by atoms with Gasteiger partial charge in [0, 0.05) is 0 Å². The van der Waals surface area contributed by atoms with Crippen molar-refractivity contribution in [3.05, 3.63) is 25.0 Å². The Hall–Kier alpha value is -0.720. The second-order valence-corrected chi connectivity index (χ2v) is 2.59. The van der Waals surface area contributed by atoms with Gasteiger partial charge < -0.3 is 4.74 Å². The maximum absolute atomic E-state index is 5.24. The topological polar surface area (TPSA) is 9.23 Å². The zero-order valence-corrected chi connectivity index (χ0v) is 7.55. The predicted octanol–water partition coefficient (Wildman–Crippen LogP) is 3.28. The van der Waals surface area contributed by atoms with Crippen LogP contribution in [0.25, 0.3) is 0 Å². The average Bonchev–Trinajstić information content (AvgIpc) is 2.04. The fourth-order valence-electron chi connectivity index (χ4n) is 0.625. The van der Waals surface area contributed by atoms with Crippen molar-refractivity contribution in [3.8, 4) is 0 Å². The Balaban J connectivity index is 3.21. The largest absolute Gasteiger partial charge is 0.495 e. The first-order chi connectivity index (χ1) is 5.31. The molecular formula is C10H18O. The third-order valence-electron chi connectivity index (χ3n) is 1.45. The zero-order chi connectivity index (χ0) is 8.53. The average molecular weight is 154 g/mol. The van der Waals surface area contributed by atoms with Crippen LogP contribution < -0.4 is 0 Å². The lowest BCUT2D eigenvalue weighted by Gasteiger charge is -2.03.